The third-order valence-corrected chi connectivity index (χ3v) is 6.71. The summed E-state index contributed by atoms with van der Waals surface area (Å²) in [6.45, 7) is 3.13. The molecule has 2 aromatic rings. The zero-order chi connectivity index (χ0) is 18.1. The second kappa shape index (κ2) is 7.70. The molecule has 0 unspecified atom stereocenters. The molecule has 146 valence electrons. The first-order valence-corrected chi connectivity index (χ1v) is 10.9. The molecule has 0 radical (unpaired) electrons. The fourth-order valence-corrected chi connectivity index (χ4v) is 5.06. The molecule has 1 aliphatic heterocycles. The summed E-state index contributed by atoms with van der Waals surface area (Å²) in [5, 5.41) is 13.5. The minimum absolute atomic E-state index is 0.560. The smallest absolute Gasteiger partial charge is 0.155 e. The van der Waals surface area contributed by atoms with E-state index in [0.29, 0.717) is 18.5 Å². The topological polar surface area (TPSA) is 64.7 Å². The Bertz CT molecular complexity index is 718. The molecular weight excluding hydrogens is 338 g/mol. The van der Waals surface area contributed by atoms with E-state index in [1.165, 1.54) is 83.1 Å². The maximum atomic E-state index is 4.67. The van der Waals surface area contributed by atoms with E-state index in [0.717, 1.165) is 11.9 Å². The predicted molar refractivity (Wildman–Crippen MR) is 102 cm³/mol. The van der Waals surface area contributed by atoms with Crippen LogP contribution in [0.15, 0.2) is 12.7 Å². The third kappa shape index (κ3) is 3.79. The van der Waals surface area contributed by atoms with Gasteiger partial charge in [0, 0.05) is 18.0 Å². The zero-order valence-corrected chi connectivity index (χ0v) is 16.2. The largest absolute Gasteiger partial charge is 0.310 e. The summed E-state index contributed by atoms with van der Waals surface area (Å²) >= 11 is 0. The lowest BCUT2D eigenvalue weighted by molar-refractivity contribution is 0.136. The van der Waals surface area contributed by atoms with E-state index in [1.54, 1.807) is 12.7 Å². The van der Waals surface area contributed by atoms with Crippen LogP contribution < -0.4 is 0 Å². The van der Waals surface area contributed by atoms with Crippen molar-refractivity contribution in [2.75, 3.05) is 13.1 Å². The molecule has 0 atom stereocenters. The van der Waals surface area contributed by atoms with Crippen molar-refractivity contribution in [1.82, 2.24) is 34.4 Å². The molecule has 3 heterocycles. The molecule has 3 fully saturated rings. The Balaban J connectivity index is 1.27. The highest BCUT2D eigenvalue weighted by Crippen LogP contribution is 2.40. The average Bonchev–Trinajstić information content (AvgIpc) is 3.36. The van der Waals surface area contributed by atoms with Crippen molar-refractivity contribution >= 4 is 0 Å². The fraction of sp³-hybridized carbons (Fsp3) is 0.800. The summed E-state index contributed by atoms with van der Waals surface area (Å²) < 4.78 is 4.29. The van der Waals surface area contributed by atoms with Gasteiger partial charge in [0.25, 0.3) is 0 Å². The summed E-state index contributed by atoms with van der Waals surface area (Å²) in [4.78, 5) is 6.83. The number of rotatable bonds is 5. The van der Waals surface area contributed by atoms with Crippen LogP contribution in [0.3, 0.4) is 0 Å². The Morgan fingerprint density at radius 3 is 2.30 bits per heavy atom. The number of hydrogen-bond donors (Lipinski definition) is 0. The molecule has 1 saturated heterocycles. The molecule has 0 spiro atoms. The standard InChI is InChI=1S/C20H31N7/c1-2-4-6-17(5-3-1)25-11-9-16(10-12-25)20-24-23-19(27(20)18-7-8-18)13-26-15-21-14-22-26/h14-18H,1-13H2. The van der Waals surface area contributed by atoms with Crippen LogP contribution in [0.4, 0.5) is 0 Å². The van der Waals surface area contributed by atoms with Gasteiger partial charge < -0.3 is 9.47 Å². The molecule has 27 heavy (non-hydrogen) atoms. The maximum Gasteiger partial charge on any atom is 0.155 e. The van der Waals surface area contributed by atoms with Gasteiger partial charge in [-0.2, -0.15) is 5.10 Å². The number of nitrogens with zero attached hydrogens (tertiary/aromatic N) is 7. The molecule has 2 saturated carbocycles. The first kappa shape index (κ1) is 17.3. The number of hydrogen-bond acceptors (Lipinski definition) is 5. The Kier molecular flexibility index (Phi) is 4.95. The van der Waals surface area contributed by atoms with Gasteiger partial charge in [-0.15, -0.1) is 10.2 Å². The molecule has 3 aliphatic rings. The Morgan fingerprint density at radius 2 is 1.63 bits per heavy atom. The van der Waals surface area contributed by atoms with Gasteiger partial charge >= 0.3 is 0 Å². The van der Waals surface area contributed by atoms with Crippen LogP contribution >= 0.6 is 0 Å². The fourth-order valence-electron chi connectivity index (χ4n) is 5.06. The molecule has 0 N–H and O–H groups in total. The quantitative estimate of drug-likeness (QED) is 0.758. The van der Waals surface area contributed by atoms with Crippen LogP contribution in [0.1, 0.15) is 87.8 Å². The van der Waals surface area contributed by atoms with Crippen LogP contribution in [-0.4, -0.2) is 53.6 Å². The Morgan fingerprint density at radius 1 is 0.852 bits per heavy atom. The number of piperidine rings is 1. The molecule has 0 aromatic carbocycles. The van der Waals surface area contributed by atoms with Gasteiger partial charge in [-0.25, -0.2) is 9.67 Å². The van der Waals surface area contributed by atoms with Crippen LogP contribution in [-0.2, 0) is 6.54 Å². The predicted octanol–water partition coefficient (Wildman–Crippen LogP) is 3.16. The first-order chi connectivity index (χ1) is 13.4. The second-order valence-corrected chi connectivity index (χ2v) is 8.62. The van der Waals surface area contributed by atoms with Crippen molar-refractivity contribution < 1.29 is 0 Å². The molecule has 7 nitrogen and oxygen atoms in total. The normalized spacial score (nSPS) is 23.6. The van der Waals surface area contributed by atoms with Crippen molar-refractivity contribution in [3.63, 3.8) is 0 Å². The van der Waals surface area contributed by atoms with E-state index in [2.05, 4.69) is 29.7 Å². The van der Waals surface area contributed by atoms with Crippen molar-refractivity contribution in [3.05, 3.63) is 24.3 Å². The van der Waals surface area contributed by atoms with Crippen LogP contribution in [0.5, 0.6) is 0 Å². The van der Waals surface area contributed by atoms with Gasteiger partial charge in [0.2, 0.25) is 0 Å². The average molecular weight is 370 g/mol. The van der Waals surface area contributed by atoms with E-state index >= 15 is 0 Å². The number of aromatic nitrogens is 6. The highest BCUT2D eigenvalue weighted by molar-refractivity contribution is 5.09. The van der Waals surface area contributed by atoms with Gasteiger partial charge in [0.15, 0.2) is 5.82 Å². The van der Waals surface area contributed by atoms with E-state index in [-0.39, 0.29) is 0 Å². The van der Waals surface area contributed by atoms with Crippen molar-refractivity contribution in [2.24, 2.45) is 0 Å². The molecule has 2 aromatic heterocycles. The van der Waals surface area contributed by atoms with Gasteiger partial charge in [0.05, 0.1) is 0 Å². The van der Waals surface area contributed by atoms with Crippen LogP contribution in [0, 0.1) is 0 Å². The lowest BCUT2D eigenvalue weighted by Gasteiger charge is -2.37. The zero-order valence-electron chi connectivity index (χ0n) is 16.2. The van der Waals surface area contributed by atoms with E-state index in [1.807, 2.05) is 4.68 Å². The second-order valence-electron chi connectivity index (χ2n) is 8.62. The first-order valence-electron chi connectivity index (χ1n) is 10.9. The lowest BCUT2D eigenvalue weighted by atomic mass is 9.93. The van der Waals surface area contributed by atoms with Crippen molar-refractivity contribution in [3.8, 4) is 0 Å². The van der Waals surface area contributed by atoms with E-state index in [9.17, 15) is 0 Å². The minimum atomic E-state index is 0.560. The monoisotopic (exact) mass is 369 g/mol. The van der Waals surface area contributed by atoms with Gasteiger partial charge in [0.1, 0.15) is 25.0 Å². The molecular formula is C20H31N7. The number of likely N-dealkylation sites (tertiary alicyclic amines) is 1. The summed E-state index contributed by atoms with van der Waals surface area (Å²) in [7, 11) is 0. The van der Waals surface area contributed by atoms with Crippen molar-refractivity contribution in [2.45, 2.75) is 88.8 Å². The van der Waals surface area contributed by atoms with Gasteiger partial charge in [-0.1, -0.05) is 25.7 Å². The molecule has 0 amide bonds. The highest BCUT2D eigenvalue weighted by Gasteiger charge is 2.34. The molecule has 7 heteroatoms. The third-order valence-electron chi connectivity index (χ3n) is 6.71. The molecule has 5 rings (SSSR count). The SMILES string of the molecule is c1ncn(Cc2nnc(C3CCN(C4CCCCCC4)CC3)n2C2CC2)n1. The van der Waals surface area contributed by atoms with Crippen molar-refractivity contribution in [1.29, 1.82) is 0 Å². The molecule has 2 aliphatic carbocycles. The Hall–Kier alpha value is -1.76. The Labute approximate surface area is 161 Å². The summed E-state index contributed by atoms with van der Waals surface area (Å²) in [5.74, 6) is 2.84. The van der Waals surface area contributed by atoms with E-state index < -0.39 is 0 Å². The van der Waals surface area contributed by atoms with Gasteiger partial charge in [-0.3, -0.25) is 0 Å². The highest BCUT2D eigenvalue weighted by atomic mass is 15.4. The van der Waals surface area contributed by atoms with Crippen LogP contribution in [0.25, 0.3) is 0 Å². The molecule has 0 bridgehead atoms. The minimum Gasteiger partial charge on any atom is -0.310 e. The summed E-state index contributed by atoms with van der Waals surface area (Å²) in [6.07, 6.45) is 16.9. The van der Waals surface area contributed by atoms with E-state index in [4.69, 9.17) is 0 Å². The summed E-state index contributed by atoms with van der Waals surface area (Å²) in [6, 6.07) is 1.44. The summed E-state index contributed by atoms with van der Waals surface area (Å²) in [5.41, 5.74) is 0. The van der Waals surface area contributed by atoms with Gasteiger partial charge in [-0.05, 0) is 51.6 Å². The van der Waals surface area contributed by atoms with Crippen LogP contribution in [0.2, 0.25) is 0 Å². The lowest BCUT2D eigenvalue weighted by Crippen LogP contribution is -2.41. The maximum absolute atomic E-state index is 4.67.